The summed E-state index contributed by atoms with van der Waals surface area (Å²) in [7, 11) is 0. The van der Waals surface area contributed by atoms with Crippen molar-refractivity contribution in [3.05, 3.63) is 29.3 Å². The van der Waals surface area contributed by atoms with Crippen LogP contribution in [0.15, 0.2) is 18.2 Å². The number of hydrogen-bond donors (Lipinski definition) is 1. The maximum Gasteiger partial charge on any atom is 0.411 e. The first kappa shape index (κ1) is 20.3. The molecule has 0 radical (unpaired) electrons. The number of ketones is 1. The Hall–Kier alpha value is -2.04. The van der Waals surface area contributed by atoms with Gasteiger partial charge in [0.2, 0.25) is 0 Å². The summed E-state index contributed by atoms with van der Waals surface area (Å²) in [6.07, 6.45) is 3.60. The third-order valence-corrected chi connectivity index (χ3v) is 5.00. The molecule has 1 amide bonds. The monoisotopic (exact) mass is 360 g/mol. The number of likely N-dealkylation sites (tertiary alicyclic amines) is 1. The van der Waals surface area contributed by atoms with Crippen LogP contribution in [0.3, 0.4) is 0 Å². The number of Topliss-reactive ketones (excluding diaryl/α,β-unsaturated/α-hetero) is 1. The van der Waals surface area contributed by atoms with Crippen LogP contribution < -0.4 is 5.73 Å². The molecule has 5 heteroatoms. The summed E-state index contributed by atoms with van der Waals surface area (Å²) >= 11 is 0. The molecule has 5 nitrogen and oxygen atoms in total. The highest BCUT2D eigenvalue weighted by molar-refractivity contribution is 6.05. The highest BCUT2D eigenvalue weighted by atomic mass is 16.6. The zero-order chi connectivity index (χ0) is 19.5. The van der Waals surface area contributed by atoms with Crippen molar-refractivity contribution in [1.29, 1.82) is 0 Å². The SMILES string of the molecule is CCCCC1(C(=O)c2ccc(N)c(C)c2)CCCN1C(=O)OC(C)(C)C. The number of unbranched alkanes of at least 4 members (excludes halogenated alkanes) is 1. The average Bonchev–Trinajstić information content (AvgIpc) is 2.98. The molecule has 144 valence electrons. The molecule has 1 aromatic carbocycles. The van der Waals surface area contributed by atoms with Gasteiger partial charge in [-0.1, -0.05) is 19.8 Å². The topological polar surface area (TPSA) is 72.6 Å². The molecule has 2 rings (SSSR count). The van der Waals surface area contributed by atoms with Gasteiger partial charge in [0.1, 0.15) is 11.1 Å². The minimum atomic E-state index is -0.819. The molecule has 1 atom stereocenters. The number of nitrogens with two attached hydrogens (primary N) is 1. The summed E-state index contributed by atoms with van der Waals surface area (Å²) < 4.78 is 5.60. The lowest BCUT2D eigenvalue weighted by Crippen LogP contribution is -2.54. The number of benzene rings is 1. The highest BCUT2D eigenvalue weighted by Crippen LogP contribution is 2.38. The number of carbonyl (C=O) groups excluding carboxylic acids is 2. The fourth-order valence-corrected chi connectivity index (χ4v) is 3.63. The minimum absolute atomic E-state index is 0.00240. The number of amides is 1. The fourth-order valence-electron chi connectivity index (χ4n) is 3.63. The van der Waals surface area contributed by atoms with Crippen molar-refractivity contribution < 1.29 is 14.3 Å². The molecule has 0 aromatic heterocycles. The van der Waals surface area contributed by atoms with Gasteiger partial charge in [-0.05, 0) is 70.7 Å². The van der Waals surface area contributed by atoms with Crippen molar-refractivity contribution in [3.8, 4) is 0 Å². The Morgan fingerprint density at radius 1 is 1.31 bits per heavy atom. The molecular formula is C21H32N2O3. The van der Waals surface area contributed by atoms with Crippen LogP contribution in [0.5, 0.6) is 0 Å². The predicted molar refractivity (Wildman–Crippen MR) is 104 cm³/mol. The Balaban J connectivity index is 2.40. The van der Waals surface area contributed by atoms with Gasteiger partial charge in [0.05, 0.1) is 0 Å². The second-order valence-corrected chi connectivity index (χ2v) is 8.27. The fraction of sp³-hybridized carbons (Fsp3) is 0.619. The zero-order valence-corrected chi connectivity index (χ0v) is 16.7. The van der Waals surface area contributed by atoms with E-state index in [-0.39, 0.29) is 5.78 Å². The number of nitrogens with zero attached hydrogens (tertiary/aromatic N) is 1. The largest absolute Gasteiger partial charge is 0.444 e. The first-order chi connectivity index (χ1) is 12.1. The molecule has 1 aliphatic heterocycles. The summed E-state index contributed by atoms with van der Waals surface area (Å²) in [4.78, 5) is 28.0. The molecule has 1 fully saturated rings. The summed E-state index contributed by atoms with van der Waals surface area (Å²) in [5.74, 6) is -0.00240. The van der Waals surface area contributed by atoms with Crippen LogP contribution in [0.1, 0.15) is 75.7 Å². The van der Waals surface area contributed by atoms with Crippen molar-refractivity contribution in [1.82, 2.24) is 4.90 Å². The summed E-state index contributed by atoms with van der Waals surface area (Å²) in [6, 6.07) is 5.36. The number of nitrogen functional groups attached to an aromatic ring is 1. The Morgan fingerprint density at radius 3 is 2.58 bits per heavy atom. The first-order valence-electron chi connectivity index (χ1n) is 9.52. The number of anilines is 1. The summed E-state index contributed by atoms with van der Waals surface area (Å²) in [5, 5.41) is 0. The Labute approximate surface area is 156 Å². The molecule has 1 heterocycles. The molecule has 0 aliphatic carbocycles. The third-order valence-electron chi connectivity index (χ3n) is 5.00. The van der Waals surface area contributed by atoms with E-state index in [2.05, 4.69) is 6.92 Å². The van der Waals surface area contributed by atoms with Gasteiger partial charge in [0, 0.05) is 17.8 Å². The van der Waals surface area contributed by atoms with E-state index in [0.717, 1.165) is 24.8 Å². The maximum atomic E-state index is 13.5. The second-order valence-electron chi connectivity index (χ2n) is 8.27. The van der Waals surface area contributed by atoms with Gasteiger partial charge in [-0.3, -0.25) is 9.69 Å². The molecular weight excluding hydrogens is 328 g/mol. The zero-order valence-electron chi connectivity index (χ0n) is 16.7. The molecule has 1 aromatic rings. The van der Waals surface area contributed by atoms with E-state index in [1.807, 2.05) is 33.8 Å². The van der Waals surface area contributed by atoms with Gasteiger partial charge in [0.25, 0.3) is 0 Å². The van der Waals surface area contributed by atoms with Gasteiger partial charge < -0.3 is 10.5 Å². The van der Waals surface area contributed by atoms with Crippen molar-refractivity contribution in [3.63, 3.8) is 0 Å². The van der Waals surface area contributed by atoms with Crippen LogP contribution in [-0.2, 0) is 4.74 Å². The maximum absolute atomic E-state index is 13.5. The molecule has 26 heavy (non-hydrogen) atoms. The van der Waals surface area contributed by atoms with Crippen LogP contribution in [0.4, 0.5) is 10.5 Å². The molecule has 0 spiro atoms. The van der Waals surface area contributed by atoms with E-state index in [1.54, 1.807) is 17.0 Å². The number of carbonyl (C=O) groups is 2. The normalized spacial score (nSPS) is 20.3. The molecule has 1 unspecified atom stereocenters. The van der Waals surface area contributed by atoms with Crippen molar-refractivity contribution >= 4 is 17.6 Å². The molecule has 1 saturated heterocycles. The van der Waals surface area contributed by atoms with Gasteiger partial charge in [0.15, 0.2) is 5.78 Å². The van der Waals surface area contributed by atoms with E-state index < -0.39 is 17.2 Å². The van der Waals surface area contributed by atoms with Crippen molar-refractivity contribution in [2.75, 3.05) is 12.3 Å². The van der Waals surface area contributed by atoms with Crippen molar-refractivity contribution in [2.24, 2.45) is 0 Å². The lowest BCUT2D eigenvalue weighted by atomic mass is 9.82. The summed E-state index contributed by atoms with van der Waals surface area (Å²) in [5.41, 5.74) is 6.66. The Kier molecular flexibility index (Phi) is 5.99. The lowest BCUT2D eigenvalue weighted by molar-refractivity contribution is 0.00711. The molecule has 1 aliphatic rings. The minimum Gasteiger partial charge on any atom is -0.444 e. The average molecular weight is 360 g/mol. The Bertz CT molecular complexity index is 678. The van der Waals surface area contributed by atoms with Crippen LogP contribution in [0, 0.1) is 6.92 Å². The molecule has 0 bridgehead atoms. The quantitative estimate of drug-likeness (QED) is 0.609. The van der Waals surface area contributed by atoms with Gasteiger partial charge in [-0.25, -0.2) is 4.79 Å². The van der Waals surface area contributed by atoms with Crippen LogP contribution in [0.25, 0.3) is 0 Å². The Morgan fingerprint density at radius 2 is 2.00 bits per heavy atom. The van der Waals surface area contributed by atoms with E-state index in [4.69, 9.17) is 10.5 Å². The smallest absolute Gasteiger partial charge is 0.411 e. The van der Waals surface area contributed by atoms with E-state index in [1.165, 1.54) is 0 Å². The van der Waals surface area contributed by atoms with Gasteiger partial charge >= 0.3 is 6.09 Å². The lowest BCUT2D eigenvalue weighted by Gasteiger charge is -2.38. The number of ether oxygens (including phenoxy) is 1. The van der Waals surface area contributed by atoms with Crippen molar-refractivity contribution in [2.45, 2.75) is 77.9 Å². The van der Waals surface area contributed by atoms with Gasteiger partial charge in [-0.2, -0.15) is 0 Å². The van der Waals surface area contributed by atoms with Crippen LogP contribution in [0.2, 0.25) is 0 Å². The standard InChI is InChI=1S/C21H32N2O3/c1-6-7-11-21(18(24)16-9-10-17(22)15(2)14-16)12-8-13-23(21)19(25)26-20(3,4)5/h9-10,14H,6-8,11-13,22H2,1-5H3. The number of hydrogen-bond acceptors (Lipinski definition) is 4. The predicted octanol–water partition coefficient (Wildman–Crippen LogP) is 4.72. The van der Waals surface area contributed by atoms with Gasteiger partial charge in [-0.15, -0.1) is 0 Å². The number of rotatable bonds is 5. The third kappa shape index (κ3) is 4.19. The van der Waals surface area contributed by atoms with E-state index >= 15 is 0 Å². The first-order valence-corrected chi connectivity index (χ1v) is 9.52. The molecule has 2 N–H and O–H groups in total. The van der Waals surface area contributed by atoms with E-state index in [9.17, 15) is 9.59 Å². The highest BCUT2D eigenvalue weighted by Gasteiger charge is 2.50. The van der Waals surface area contributed by atoms with E-state index in [0.29, 0.717) is 30.6 Å². The second kappa shape index (κ2) is 7.68. The van der Waals surface area contributed by atoms with Crippen LogP contribution in [-0.4, -0.2) is 34.5 Å². The molecule has 0 saturated carbocycles. The van der Waals surface area contributed by atoms with Crippen LogP contribution >= 0.6 is 0 Å². The number of aryl methyl sites for hydroxylation is 1. The summed E-state index contributed by atoms with van der Waals surface area (Å²) in [6.45, 7) is 10.1.